The number of fused-ring (bicyclic) bond motifs is 2. The molecule has 1 fully saturated rings. The van der Waals surface area contributed by atoms with Gasteiger partial charge in [-0.2, -0.15) is 0 Å². The summed E-state index contributed by atoms with van der Waals surface area (Å²) in [5, 5.41) is 29.3. The number of aliphatic hydroxyl groups excluding tert-OH is 2. The standard InChI is InChI=1S/C38H47ClN4O6/c1-38(2,3)41-37(47)31-22-43(30-20-34-33(19-29(30)39)48-23-49-34)16-15-42(31)21-27(44)18-26(17-24-9-5-4-6-10-24)36(46)40-35-28-12-8-7-11-25(28)13-14-32(35)45/h4-12,19-20,26-27,31-32,35,44-45H,13-18,21-23H2,1-3H3,(H,40,46)(H,41,47)/t26-,27+,31+,32-,35+/m1/s1. The summed E-state index contributed by atoms with van der Waals surface area (Å²) in [6.45, 7) is 7.56. The van der Waals surface area contributed by atoms with Crippen molar-refractivity contribution in [3.05, 3.63) is 88.4 Å². The molecule has 3 aliphatic rings. The molecule has 0 aromatic heterocycles. The number of piperazine rings is 1. The number of nitrogens with zero attached hydrogens (tertiary/aromatic N) is 2. The van der Waals surface area contributed by atoms with Crippen molar-refractivity contribution in [3.63, 3.8) is 0 Å². The molecule has 11 heteroatoms. The lowest BCUT2D eigenvalue weighted by Gasteiger charge is -2.43. The number of rotatable bonds is 10. The molecule has 4 N–H and O–H groups in total. The van der Waals surface area contributed by atoms with Gasteiger partial charge in [0.25, 0.3) is 0 Å². The molecule has 0 radical (unpaired) electrons. The summed E-state index contributed by atoms with van der Waals surface area (Å²) in [6.07, 6.45) is 0.348. The summed E-state index contributed by atoms with van der Waals surface area (Å²) >= 11 is 6.67. The molecule has 2 heterocycles. The van der Waals surface area contributed by atoms with E-state index in [0.29, 0.717) is 49.0 Å². The van der Waals surface area contributed by atoms with Crippen LogP contribution in [0.25, 0.3) is 0 Å². The van der Waals surface area contributed by atoms with E-state index in [9.17, 15) is 19.8 Å². The predicted molar refractivity (Wildman–Crippen MR) is 189 cm³/mol. The number of benzene rings is 3. The first-order valence-electron chi connectivity index (χ1n) is 17.1. The van der Waals surface area contributed by atoms with Crippen LogP contribution in [0.15, 0.2) is 66.7 Å². The van der Waals surface area contributed by atoms with Gasteiger partial charge in [-0.15, -0.1) is 0 Å². The Kier molecular flexibility index (Phi) is 10.7. The number of amides is 2. The Morgan fingerprint density at radius 3 is 2.49 bits per heavy atom. The number of aryl methyl sites for hydroxylation is 1. The van der Waals surface area contributed by atoms with Crippen LogP contribution in [0, 0.1) is 5.92 Å². The molecule has 0 saturated carbocycles. The quantitative estimate of drug-likeness (QED) is 0.249. The number of ether oxygens (including phenoxy) is 2. The van der Waals surface area contributed by atoms with E-state index < -0.39 is 35.7 Å². The molecular formula is C38H47ClN4O6. The zero-order valence-electron chi connectivity index (χ0n) is 28.4. The highest BCUT2D eigenvalue weighted by Gasteiger charge is 2.37. The first-order valence-corrected chi connectivity index (χ1v) is 17.5. The van der Waals surface area contributed by atoms with Gasteiger partial charge in [-0.05, 0) is 63.1 Å². The highest BCUT2D eigenvalue weighted by molar-refractivity contribution is 6.33. The molecule has 0 spiro atoms. The van der Waals surface area contributed by atoms with Gasteiger partial charge < -0.3 is 35.2 Å². The van der Waals surface area contributed by atoms with Crippen LogP contribution in [-0.4, -0.2) is 83.7 Å². The molecule has 0 bridgehead atoms. The lowest BCUT2D eigenvalue weighted by Crippen LogP contribution is -2.62. The molecule has 3 aromatic carbocycles. The molecule has 6 rings (SSSR count). The van der Waals surface area contributed by atoms with Gasteiger partial charge in [0.2, 0.25) is 18.6 Å². The maximum absolute atomic E-state index is 14.0. The van der Waals surface area contributed by atoms with Crippen LogP contribution >= 0.6 is 11.6 Å². The van der Waals surface area contributed by atoms with Crippen molar-refractivity contribution in [2.24, 2.45) is 5.92 Å². The molecule has 49 heavy (non-hydrogen) atoms. The van der Waals surface area contributed by atoms with E-state index in [-0.39, 0.29) is 31.6 Å². The molecule has 10 nitrogen and oxygen atoms in total. The Labute approximate surface area is 293 Å². The number of aliphatic hydroxyl groups is 2. The second-order valence-electron chi connectivity index (χ2n) is 14.4. The lowest BCUT2D eigenvalue weighted by molar-refractivity contribution is -0.130. The van der Waals surface area contributed by atoms with Gasteiger partial charge in [0.1, 0.15) is 6.04 Å². The number of nitrogens with one attached hydrogen (secondary N) is 2. The van der Waals surface area contributed by atoms with E-state index >= 15 is 0 Å². The SMILES string of the molecule is CC(C)(C)NC(=O)[C@@H]1CN(c2cc3c(cc2Cl)OCO3)CCN1C[C@@H](O)C[C@@H](Cc1ccccc1)C(=O)N[C@H]1c2ccccc2CC[C@H]1O. The molecule has 0 unspecified atom stereocenters. The summed E-state index contributed by atoms with van der Waals surface area (Å²) in [5.74, 6) is 0.278. The first kappa shape index (κ1) is 35.0. The Morgan fingerprint density at radius 2 is 1.73 bits per heavy atom. The predicted octanol–water partition coefficient (Wildman–Crippen LogP) is 4.25. The number of carbonyl (C=O) groups excluding carboxylic acids is 2. The smallest absolute Gasteiger partial charge is 0.239 e. The molecule has 1 saturated heterocycles. The third-order valence-electron chi connectivity index (χ3n) is 9.55. The Hall–Kier alpha value is -3.83. The van der Waals surface area contributed by atoms with Gasteiger partial charge in [0.05, 0.1) is 29.0 Å². The fraction of sp³-hybridized carbons (Fsp3) is 0.474. The van der Waals surface area contributed by atoms with Crippen LogP contribution in [0.3, 0.4) is 0 Å². The van der Waals surface area contributed by atoms with Gasteiger partial charge >= 0.3 is 0 Å². The van der Waals surface area contributed by atoms with Crippen molar-refractivity contribution in [1.82, 2.24) is 15.5 Å². The van der Waals surface area contributed by atoms with Gasteiger partial charge in [0, 0.05) is 49.8 Å². The van der Waals surface area contributed by atoms with Crippen molar-refractivity contribution in [2.75, 3.05) is 37.9 Å². The normalized spacial score (nSPS) is 21.8. The molecule has 2 amide bonds. The highest BCUT2D eigenvalue weighted by Crippen LogP contribution is 2.41. The molecule has 3 aromatic rings. The van der Waals surface area contributed by atoms with Gasteiger partial charge in [-0.1, -0.05) is 66.2 Å². The fourth-order valence-electron chi connectivity index (χ4n) is 7.15. The van der Waals surface area contributed by atoms with Crippen LogP contribution in [0.5, 0.6) is 11.5 Å². The van der Waals surface area contributed by atoms with Gasteiger partial charge in [0.15, 0.2) is 11.5 Å². The van der Waals surface area contributed by atoms with Gasteiger partial charge in [-0.25, -0.2) is 0 Å². The molecule has 262 valence electrons. The molecule has 2 aliphatic heterocycles. The number of β-amino-alcohol motifs (C(OH)–C–C–N with tert-alkyl or cyclic N) is 1. The Morgan fingerprint density at radius 1 is 1.02 bits per heavy atom. The average molecular weight is 691 g/mol. The van der Waals surface area contributed by atoms with Crippen molar-refractivity contribution in [1.29, 1.82) is 0 Å². The maximum Gasteiger partial charge on any atom is 0.239 e. The van der Waals surface area contributed by atoms with E-state index in [2.05, 4.69) is 15.5 Å². The van der Waals surface area contributed by atoms with Crippen LogP contribution in [0.1, 0.15) is 56.3 Å². The van der Waals surface area contributed by atoms with Crippen molar-refractivity contribution < 1.29 is 29.3 Å². The Balaban J connectivity index is 1.19. The number of hydrogen-bond donors (Lipinski definition) is 4. The van der Waals surface area contributed by atoms with E-state index in [1.165, 1.54) is 0 Å². The lowest BCUT2D eigenvalue weighted by atomic mass is 9.84. The highest BCUT2D eigenvalue weighted by atomic mass is 35.5. The van der Waals surface area contributed by atoms with E-state index in [0.717, 1.165) is 28.8 Å². The third-order valence-corrected chi connectivity index (χ3v) is 9.86. The van der Waals surface area contributed by atoms with Crippen LogP contribution in [0.4, 0.5) is 5.69 Å². The molecule has 1 aliphatic carbocycles. The minimum atomic E-state index is -0.895. The summed E-state index contributed by atoms with van der Waals surface area (Å²) < 4.78 is 11.1. The molecular weight excluding hydrogens is 644 g/mol. The largest absolute Gasteiger partial charge is 0.454 e. The molecule has 5 atom stereocenters. The van der Waals surface area contributed by atoms with Crippen LogP contribution in [0.2, 0.25) is 5.02 Å². The number of carbonyl (C=O) groups is 2. The van der Waals surface area contributed by atoms with Crippen LogP contribution in [-0.2, 0) is 22.4 Å². The number of halogens is 1. The zero-order valence-corrected chi connectivity index (χ0v) is 29.2. The third kappa shape index (κ3) is 8.49. The van der Waals surface area contributed by atoms with Crippen molar-refractivity contribution in [3.8, 4) is 11.5 Å². The van der Waals surface area contributed by atoms with E-state index in [4.69, 9.17) is 21.1 Å². The summed E-state index contributed by atoms with van der Waals surface area (Å²) in [5.41, 5.74) is 3.34. The van der Waals surface area contributed by atoms with Crippen LogP contribution < -0.4 is 25.0 Å². The van der Waals surface area contributed by atoms with Crippen molar-refractivity contribution in [2.45, 2.75) is 76.3 Å². The van der Waals surface area contributed by atoms with Crippen molar-refractivity contribution >= 4 is 29.1 Å². The summed E-state index contributed by atoms with van der Waals surface area (Å²) in [6, 6.07) is 20.1. The number of hydrogen-bond acceptors (Lipinski definition) is 8. The topological polar surface area (TPSA) is 124 Å². The fourth-order valence-corrected chi connectivity index (χ4v) is 7.42. The Bertz CT molecular complexity index is 1630. The minimum absolute atomic E-state index is 0.134. The zero-order chi connectivity index (χ0) is 34.7. The van der Waals surface area contributed by atoms with E-state index in [1.54, 1.807) is 6.07 Å². The summed E-state index contributed by atoms with van der Waals surface area (Å²) in [4.78, 5) is 31.8. The minimum Gasteiger partial charge on any atom is -0.454 e. The second kappa shape index (κ2) is 15.0. The maximum atomic E-state index is 14.0. The van der Waals surface area contributed by atoms with Gasteiger partial charge in [-0.3, -0.25) is 14.5 Å². The first-order chi connectivity index (χ1) is 23.4. The summed E-state index contributed by atoms with van der Waals surface area (Å²) in [7, 11) is 0. The second-order valence-corrected chi connectivity index (χ2v) is 14.8. The monoisotopic (exact) mass is 690 g/mol. The van der Waals surface area contributed by atoms with E-state index in [1.807, 2.05) is 86.3 Å². The average Bonchev–Trinajstić information content (AvgIpc) is 3.52. The number of anilines is 1.